The third-order valence-corrected chi connectivity index (χ3v) is 11.7. The number of fused-ring (bicyclic) bond motifs is 5. The van der Waals surface area contributed by atoms with E-state index in [9.17, 15) is 4.79 Å². The number of amidine groups is 1. The first-order valence-electron chi connectivity index (χ1n) is 12.6. The Bertz CT molecular complexity index is 781. The highest BCUT2D eigenvalue weighted by molar-refractivity contribution is 7.99. The summed E-state index contributed by atoms with van der Waals surface area (Å²) in [5.74, 6) is 5.22. The lowest BCUT2D eigenvalue weighted by Crippen LogP contribution is -2.54. The highest BCUT2D eigenvalue weighted by Gasteiger charge is 2.60. The Hall–Kier alpha value is -0.970. The number of carbonyl (C=O) groups is 1. The molecular formula is C26H40N2O2S. The summed E-state index contributed by atoms with van der Waals surface area (Å²) in [4.78, 5) is 11.7. The van der Waals surface area contributed by atoms with E-state index in [1.807, 2.05) is 6.08 Å². The maximum atomic E-state index is 11.7. The summed E-state index contributed by atoms with van der Waals surface area (Å²) in [6.07, 6.45) is 14.8. The van der Waals surface area contributed by atoms with E-state index >= 15 is 0 Å². The molecule has 4 saturated carbocycles. The number of carbonyl (C=O) groups excluding carboxylic acids is 1. The number of nitrogens with one attached hydrogen (secondary N) is 1. The summed E-state index contributed by atoms with van der Waals surface area (Å²) in [6, 6.07) is 0. The van der Waals surface area contributed by atoms with E-state index in [2.05, 4.69) is 25.6 Å². The van der Waals surface area contributed by atoms with Gasteiger partial charge >= 0.3 is 5.97 Å². The molecule has 0 spiro atoms. The van der Waals surface area contributed by atoms with Crippen molar-refractivity contribution in [2.45, 2.75) is 83.3 Å². The van der Waals surface area contributed by atoms with Crippen molar-refractivity contribution in [3.05, 3.63) is 11.6 Å². The van der Waals surface area contributed by atoms with Crippen LogP contribution in [0.2, 0.25) is 0 Å². The molecule has 1 unspecified atom stereocenters. The molecule has 4 nitrogen and oxygen atoms in total. The van der Waals surface area contributed by atoms with Gasteiger partial charge in [-0.25, -0.2) is 4.79 Å². The molecule has 172 valence electrons. The fraction of sp³-hybridized carbons (Fsp3) is 0.846. The van der Waals surface area contributed by atoms with Gasteiger partial charge in [-0.1, -0.05) is 13.8 Å². The number of thioether (sulfide) groups is 1. The van der Waals surface area contributed by atoms with Crippen molar-refractivity contribution in [3.8, 4) is 0 Å². The molecule has 0 amide bonds. The van der Waals surface area contributed by atoms with Crippen LogP contribution in [0, 0.1) is 45.8 Å². The highest BCUT2D eigenvalue weighted by Crippen LogP contribution is 2.68. The van der Waals surface area contributed by atoms with Crippen LogP contribution in [0.1, 0.15) is 78.1 Å². The van der Waals surface area contributed by atoms with Crippen molar-refractivity contribution in [1.82, 2.24) is 0 Å². The third-order valence-electron chi connectivity index (χ3n) is 10.4. The molecule has 0 aromatic rings. The minimum absolute atomic E-state index is 0.126. The second-order valence-electron chi connectivity index (χ2n) is 11.7. The average Bonchev–Trinajstić information content (AvgIpc) is 3.29. The fourth-order valence-corrected chi connectivity index (χ4v) is 10.4. The maximum absolute atomic E-state index is 11.7. The maximum Gasteiger partial charge on any atom is 0.331 e. The van der Waals surface area contributed by atoms with Gasteiger partial charge in [-0.05, 0) is 104 Å². The molecule has 5 aliphatic rings. The summed E-state index contributed by atoms with van der Waals surface area (Å²) in [5, 5.41) is 8.27. The van der Waals surface area contributed by atoms with Crippen LogP contribution in [0.3, 0.4) is 0 Å². The molecule has 1 aliphatic heterocycles. The molecule has 31 heavy (non-hydrogen) atoms. The topological polar surface area (TPSA) is 76.2 Å². The molecule has 3 N–H and O–H groups in total. The Morgan fingerprint density at radius 3 is 2.65 bits per heavy atom. The van der Waals surface area contributed by atoms with Gasteiger partial charge in [0.05, 0.1) is 5.84 Å². The molecule has 5 heteroatoms. The monoisotopic (exact) mass is 444 g/mol. The zero-order chi connectivity index (χ0) is 21.8. The van der Waals surface area contributed by atoms with Crippen molar-refractivity contribution in [2.24, 2.45) is 46.2 Å². The Balaban J connectivity index is 1.32. The molecule has 5 rings (SSSR count). The minimum atomic E-state index is -0.126. The second kappa shape index (κ2) is 8.11. The van der Waals surface area contributed by atoms with E-state index in [0.29, 0.717) is 29.2 Å². The van der Waals surface area contributed by atoms with Gasteiger partial charge in [-0.2, -0.15) is 11.8 Å². The van der Waals surface area contributed by atoms with E-state index in [-0.39, 0.29) is 5.97 Å². The molecule has 0 aromatic carbocycles. The summed E-state index contributed by atoms with van der Waals surface area (Å²) in [5.41, 5.74) is 7.72. The Labute approximate surface area is 192 Å². The van der Waals surface area contributed by atoms with Crippen LogP contribution in [0.25, 0.3) is 0 Å². The average molecular weight is 445 g/mol. The Morgan fingerprint density at radius 2 is 1.90 bits per heavy atom. The van der Waals surface area contributed by atoms with E-state index in [1.165, 1.54) is 63.4 Å². The number of rotatable bonds is 5. The molecule has 0 saturated heterocycles. The number of ether oxygens (including phenoxy) is 1. The summed E-state index contributed by atoms with van der Waals surface area (Å²) in [6.45, 7) is 5.73. The van der Waals surface area contributed by atoms with Crippen LogP contribution in [0.4, 0.5) is 0 Å². The van der Waals surface area contributed by atoms with Crippen LogP contribution in [0.5, 0.6) is 0 Å². The lowest BCUT2D eigenvalue weighted by atomic mass is 9.44. The molecule has 0 aromatic heterocycles. The molecule has 8 atom stereocenters. The van der Waals surface area contributed by atoms with Crippen LogP contribution in [0.15, 0.2) is 11.6 Å². The van der Waals surface area contributed by atoms with Gasteiger partial charge in [0.1, 0.15) is 6.61 Å². The number of hydrogen-bond donors (Lipinski definition) is 2. The lowest BCUT2D eigenvalue weighted by molar-refractivity contribution is -0.135. The number of nitrogens with two attached hydrogens (primary N) is 1. The zero-order valence-corrected chi connectivity index (χ0v) is 20.1. The van der Waals surface area contributed by atoms with Gasteiger partial charge in [0.15, 0.2) is 0 Å². The predicted molar refractivity (Wildman–Crippen MR) is 127 cm³/mol. The van der Waals surface area contributed by atoms with Crippen molar-refractivity contribution in [3.63, 3.8) is 0 Å². The van der Waals surface area contributed by atoms with Gasteiger partial charge in [0.2, 0.25) is 0 Å². The molecule has 4 aliphatic carbocycles. The summed E-state index contributed by atoms with van der Waals surface area (Å²) < 4.78 is 5.30. The second-order valence-corrected chi connectivity index (χ2v) is 13.1. The van der Waals surface area contributed by atoms with Crippen LogP contribution >= 0.6 is 11.8 Å². The molecule has 0 radical (unpaired) electrons. The normalized spacial score (nSPS) is 46.5. The molecule has 0 bridgehead atoms. The van der Waals surface area contributed by atoms with E-state index in [4.69, 9.17) is 15.9 Å². The Morgan fingerprint density at radius 1 is 1.13 bits per heavy atom. The van der Waals surface area contributed by atoms with Crippen molar-refractivity contribution < 1.29 is 9.53 Å². The third kappa shape index (κ3) is 3.67. The first-order chi connectivity index (χ1) is 14.8. The van der Waals surface area contributed by atoms with Crippen molar-refractivity contribution >= 4 is 23.6 Å². The van der Waals surface area contributed by atoms with Gasteiger partial charge in [-0.15, -0.1) is 0 Å². The summed E-state index contributed by atoms with van der Waals surface area (Å²) in [7, 11) is 0. The quantitative estimate of drug-likeness (QED) is 0.331. The van der Waals surface area contributed by atoms with Crippen LogP contribution < -0.4 is 5.73 Å². The van der Waals surface area contributed by atoms with Crippen molar-refractivity contribution in [1.29, 1.82) is 5.41 Å². The van der Waals surface area contributed by atoms with E-state index in [0.717, 1.165) is 41.1 Å². The lowest BCUT2D eigenvalue weighted by Gasteiger charge is -2.61. The largest absolute Gasteiger partial charge is 0.458 e. The first kappa shape index (κ1) is 21.9. The fourth-order valence-electron chi connectivity index (χ4n) is 8.98. The van der Waals surface area contributed by atoms with Crippen molar-refractivity contribution in [2.75, 3.05) is 12.4 Å². The smallest absolute Gasteiger partial charge is 0.331 e. The van der Waals surface area contributed by atoms with Gasteiger partial charge in [0.25, 0.3) is 0 Å². The minimum Gasteiger partial charge on any atom is -0.458 e. The number of hydrogen-bond acceptors (Lipinski definition) is 4. The molecular weight excluding hydrogens is 404 g/mol. The standard InChI is InChI=1S/C26H40N2O2S/c1-25-11-9-22-19(21(25)8-7-20(25)16-13-24(29)30-15-16)6-4-17-3-5-18(14-26(17,22)2)31-12-10-23(27)28/h13,17-22H,3-12,14-15H2,1-2H3,(H3,27,28)/t17-,18?,19-,20+,21-,22-,25+,26-/m0/s1. The molecule has 4 fully saturated rings. The highest BCUT2D eigenvalue weighted by atomic mass is 32.2. The Kier molecular flexibility index (Phi) is 5.72. The SMILES string of the molecule is C[C@]12CC(SCCC(=N)N)CC[C@H]1CC[C@@H]1[C@@H]2CC[C@]2(C)[C@@H](C3=CC(=O)OC3)CC[C@@H]12. The van der Waals surface area contributed by atoms with E-state index in [1.54, 1.807) is 0 Å². The predicted octanol–water partition coefficient (Wildman–Crippen LogP) is 5.56. The zero-order valence-electron chi connectivity index (χ0n) is 19.3. The summed E-state index contributed by atoms with van der Waals surface area (Å²) >= 11 is 2.08. The number of cyclic esters (lactones) is 1. The van der Waals surface area contributed by atoms with Gasteiger partial charge in [0, 0.05) is 23.5 Å². The first-order valence-corrected chi connectivity index (χ1v) is 13.7. The number of esters is 1. The van der Waals surface area contributed by atoms with Crippen LogP contribution in [-0.2, 0) is 9.53 Å². The van der Waals surface area contributed by atoms with Crippen LogP contribution in [-0.4, -0.2) is 29.4 Å². The van der Waals surface area contributed by atoms with Gasteiger partial charge < -0.3 is 10.5 Å². The molecule has 1 heterocycles. The van der Waals surface area contributed by atoms with E-state index < -0.39 is 0 Å². The van der Waals surface area contributed by atoms with Gasteiger partial charge in [-0.3, -0.25) is 5.41 Å².